The van der Waals surface area contributed by atoms with Crippen molar-refractivity contribution in [1.29, 1.82) is 0 Å². The topological polar surface area (TPSA) is 102 Å². The highest BCUT2D eigenvalue weighted by atomic mass is 16.6. The van der Waals surface area contributed by atoms with Crippen molar-refractivity contribution in [3.63, 3.8) is 0 Å². The van der Waals surface area contributed by atoms with Crippen molar-refractivity contribution >= 4 is 17.3 Å². The Bertz CT molecular complexity index is 567. The van der Waals surface area contributed by atoms with Crippen LogP contribution in [-0.2, 0) is 0 Å². The number of hydrogen-bond acceptors (Lipinski definition) is 5. The quantitative estimate of drug-likeness (QED) is 0.485. The summed E-state index contributed by atoms with van der Waals surface area (Å²) < 4.78 is 0. The number of anilines is 1. The standard InChI is InChI=1S/C14H20N4O3/c1-17(2)14(6-3-7-14)9-16-13(19)11-8-10(18(20)21)4-5-12(11)15/h4-5,8H,3,6-7,9,15H2,1-2H3,(H,16,19). The number of hydrogen-bond donors (Lipinski definition) is 2. The van der Waals surface area contributed by atoms with Crippen molar-refractivity contribution in [2.75, 3.05) is 26.4 Å². The smallest absolute Gasteiger partial charge is 0.270 e. The third kappa shape index (κ3) is 2.97. The summed E-state index contributed by atoms with van der Waals surface area (Å²) in [5.74, 6) is -0.371. The Kier molecular flexibility index (Phi) is 4.13. The molecule has 0 unspecified atom stereocenters. The predicted octanol–water partition coefficient (Wildman–Crippen LogP) is 1.39. The number of amides is 1. The zero-order valence-corrected chi connectivity index (χ0v) is 12.3. The van der Waals surface area contributed by atoms with Gasteiger partial charge in [-0.05, 0) is 39.4 Å². The maximum absolute atomic E-state index is 12.2. The third-order valence-electron chi connectivity index (χ3n) is 4.30. The van der Waals surface area contributed by atoms with E-state index in [9.17, 15) is 14.9 Å². The Morgan fingerprint density at radius 1 is 1.48 bits per heavy atom. The van der Waals surface area contributed by atoms with E-state index < -0.39 is 4.92 Å². The summed E-state index contributed by atoms with van der Waals surface area (Å²) in [4.78, 5) is 24.6. The molecule has 2 rings (SSSR count). The second kappa shape index (κ2) is 5.69. The van der Waals surface area contributed by atoms with Gasteiger partial charge in [-0.2, -0.15) is 0 Å². The minimum atomic E-state index is -0.538. The fraction of sp³-hybridized carbons (Fsp3) is 0.500. The summed E-state index contributed by atoms with van der Waals surface area (Å²) in [6, 6.07) is 3.89. The van der Waals surface area contributed by atoms with Crippen LogP contribution in [-0.4, -0.2) is 41.9 Å². The molecule has 114 valence electrons. The molecule has 0 aromatic heterocycles. The van der Waals surface area contributed by atoms with Crippen molar-refractivity contribution in [2.45, 2.75) is 24.8 Å². The minimum absolute atomic E-state index is 0.00879. The lowest BCUT2D eigenvalue weighted by Gasteiger charge is -2.47. The Morgan fingerprint density at radius 2 is 2.14 bits per heavy atom. The van der Waals surface area contributed by atoms with Crippen LogP contribution in [0.25, 0.3) is 0 Å². The fourth-order valence-electron chi connectivity index (χ4n) is 2.56. The first kappa shape index (κ1) is 15.2. The van der Waals surface area contributed by atoms with Gasteiger partial charge < -0.3 is 16.0 Å². The first-order valence-electron chi connectivity index (χ1n) is 6.85. The summed E-state index contributed by atoms with van der Waals surface area (Å²) in [5.41, 5.74) is 5.99. The lowest BCUT2D eigenvalue weighted by atomic mass is 9.75. The first-order valence-corrected chi connectivity index (χ1v) is 6.85. The summed E-state index contributed by atoms with van der Waals surface area (Å²) >= 11 is 0. The highest BCUT2D eigenvalue weighted by Crippen LogP contribution is 2.35. The van der Waals surface area contributed by atoms with Gasteiger partial charge in [-0.15, -0.1) is 0 Å². The number of non-ortho nitro benzene ring substituents is 1. The molecule has 0 saturated heterocycles. The molecular formula is C14H20N4O3. The highest BCUT2D eigenvalue weighted by molar-refractivity contribution is 5.99. The molecule has 1 fully saturated rings. The summed E-state index contributed by atoms with van der Waals surface area (Å²) in [6.07, 6.45) is 3.21. The van der Waals surface area contributed by atoms with Crippen LogP contribution in [0.15, 0.2) is 18.2 Å². The summed E-state index contributed by atoms with van der Waals surface area (Å²) in [6.45, 7) is 0.515. The van der Waals surface area contributed by atoms with Gasteiger partial charge in [-0.25, -0.2) is 0 Å². The first-order chi connectivity index (χ1) is 9.85. The molecule has 0 heterocycles. The molecule has 7 nitrogen and oxygen atoms in total. The number of nitrogens with one attached hydrogen (secondary N) is 1. The molecule has 0 radical (unpaired) electrons. The lowest BCUT2D eigenvalue weighted by Crippen LogP contribution is -2.57. The Morgan fingerprint density at radius 3 is 2.62 bits per heavy atom. The van der Waals surface area contributed by atoms with E-state index in [1.165, 1.54) is 18.2 Å². The highest BCUT2D eigenvalue weighted by Gasteiger charge is 2.39. The number of carbonyl (C=O) groups excluding carboxylic acids is 1. The number of likely N-dealkylation sites (N-methyl/N-ethyl adjacent to an activating group) is 1. The number of nitrogens with two attached hydrogens (primary N) is 1. The van der Waals surface area contributed by atoms with Gasteiger partial charge in [0.15, 0.2) is 0 Å². The molecule has 1 aliphatic carbocycles. The molecule has 0 aliphatic heterocycles. The molecular weight excluding hydrogens is 272 g/mol. The van der Waals surface area contributed by atoms with E-state index in [4.69, 9.17) is 5.73 Å². The van der Waals surface area contributed by atoms with E-state index in [2.05, 4.69) is 10.2 Å². The van der Waals surface area contributed by atoms with Crippen LogP contribution in [0.3, 0.4) is 0 Å². The normalized spacial score (nSPS) is 16.3. The van der Waals surface area contributed by atoms with Gasteiger partial charge >= 0.3 is 0 Å². The van der Waals surface area contributed by atoms with E-state index in [-0.39, 0.29) is 28.4 Å². The van der Waals surface area contributed by atoms with E-state index in [0.29, 0.717) is 6.54 Å². The molecule has 21 heavy (non-hydrogen) atoms. The van der Waals surface area contributed by atoms with Gasteiger partial charge in [0.2, 0.25) is 0 Å². The maximum atomic E-state index is 12.2. The van der Waals surface area contributed by atoms with E-state index in [0.717, 1.165) is 19.3 Å². The molecule has 3 N–H and O–H groups in total. The molecule has 7 heteroatoms. The second-order valence-electron chi connectivity index (χ2n) is 5.68. The van der Waals surface area contributed by atoms with Crippen LogP contribution in [0.1, 0.15) is 29.6 Å². The summed E-state index contributed by atoms with van der Waals surface area (Å²) in [5, 5.41) is 13.6. The van der Waals surface area contributed by atoms with Crippen LogP contribution >= 0.6 is 0 Å². The zero-order chi connectivity index (χ0) is 15.6. The van der Waals surface area contributed by atoms with Crippen LogP contribution < -0.4 is 11.1 Å². The summed E-state index contributed by atoms with van der Waals surface area (Å²) in [7, 11) is 3.99. The van der Waals surface area contributed by atoms with Gasteiger partial charge in [0.05, 0.1) is 10.5 Å². The molecule has 1 saturated carbocycles. The number of nitrogen functional groups attached to an aromatic ring is 1. The molecule has 1 aromatic rings. The van der Waals surface area contributed by atoms with E-state index in [1.54, 1.807) is 0 Å². The Labute approximate surface area is 123 Å². The molecule has 0 bridgehead atoms. The largest absolute Gasteiger partial charge is 0.398 e. The van der Waals surface area contributed by atoms with Gasteiger partial charge in [0.1, 0.15) is 0 Å². The van der Waals surface area contributed by atoms with Crippen molar-refractivity contribution in [1.82, 2.24) is 10.2 Å². The van der Waals surface area contributed by atoms with Crippen molar-refractivity contribution in [3.05, 3.63) is 33.9 Å². The molecule has 1 aliphatic rings. The predicted molar refractivity (Wildman–Crippen MR) is 80.1 cm³/mol. The van der Waals surface area contributed by atoms with Crippen molar-refractivity contribution in [2.24, 2.45) is 0 Å². The monoisotopic (exact) mass is 292 g/mol. The molecule has 0 atom stereocenters. The maximum Gasteiger partial charge on any atom is 0.270 e. The van der Waals surface area contributed by atoms with E-state index in [1.807, 2.05) is 14.1 Å². The Balaban J connectivity index is 2.10. The number of nitro groups is 1. The van der Waals surface area contributed by atoms with Crippen LogP contribution in [0.5, 0.6) is 0 Å². The number of carbonyl (C=O) groups is 1. The number of rotatable bonds is 5. The van der Waals surface area contributed by atoms with Gasteiger partial charge in [-0.3, -0.25) is 14.9 Å². The van der Waals surface area contributed by atoms with Crippen molar-refractivity contribution < 1.29 is 9.72 Å². The molecule has 0 spiro atoms. The number of benzene rings is 1. The number of nitrogens with zero attached hydrogens (tertiary/aromatic N) is 2. The average molecular weight is 292 g/mol. The number of nitro benzene ring substituents is 1. The van der Waals surface area contributed by atoms with Gasteiger partial charge in [0.25, 0.3) is 11.6 Å². The van der Waals surface area contributed by atoms with E-state index >= 15 is 0 Å². The van der Waals surface area contributed by atoms with Gasteiger partial charge in [0, 0.05) is 29.9 Å². The molecule has 1 aromatic carbocycles. The molecule has 1 amide bonds. The van der Waals surface area contributed by atoms with Gasteiger partial charge in [-0.1, -0.05) is 0 Å². The van der Waals surface area contributed by atoms with Crippen molar-refractivity contribution in [3.8, 4) is 0 Å². The van der Waals surface area contributed by atoms with Crippen LogP contribution in [0.4, 0.5) is 11.4 Å². The minimum Gasteiger partial charge on any atom is -0.398 e. The Hall–Kier alpha value is -2.15. The van der Waals surface area contributed by atoms with Crippen LogP contribution in [0, 0.1) is 10.1 Å². The third-order valence-corrected chi connectivity index (χ3v) is 4.30. The van der Waals surface area contributed by atoms with Crippen LogP contribution in [0.2, 0.25) is 0 Å². The lowest BCUT2D eigenvalue weighted by molar-refractivity contribution is -0.384. The zero-order valence-electron chi connectivity index (χ0n) is 12.3. The second-order valence-corrected chi connectivity index (χ2v) is 5.68. The SMILES string of the molecule is CN(C)C1(CNC(=O)c2cc([N+](=O)[O-])ccc2N)CCC1. The fourth-order valence-corrected chi connectivity index (χ4v) is 2.56. The average Bonchev–Trinajstić information content (AvgIpc) is 2.36.